The van der Waals surface area contributed by atoms with E-state index in [0.29, 0.717) is 36.3 Å². The van der Waals surface area contributed by atoms with Crippen LogP contribution in [0.5, 0.6) is 0 Å². The number of carbonyl (C=O) groups is 3. The zero-order valence-corrected chi connectivity index (χ0v) is 16.9. The van der Waals surface area contributed by atoms with Crippen LogP contribution in [0.15, 0.2) is 23.4 Å². The lowest BCUT2D eigenvalue weighted by molar-refractivity contribution is -0.142. The molecule has 0 bridgehead atoms. The van der Waals surface area contributed by atoms with Crippen LogP contribution in [0.4, 0.5) is 20.6 Å². The maximum Gasteiger partial charge on any atom is 0.414 e. The van der Waals surface area contributed by atoms with Gasteiger partial charge in [0.2, 0.25) is 12.5 Å². The Hall–Kier alpha value is -3.37. The molecule has 11 heteroatoms. The van der Waals surface area contributed by atoms with E-state index in [-0.39, 0.29) is 24.9 Å². The Balaban J connectivity index is 1.32. The predicted molar refractivity (Wildman–Crippen MR) is 107 cm³/mol. The van der Waals surface area contributed by atoms with Crippen molar-refractivity contribution < 1.29 is 33.5 Å². The monoisotopic (exact) mass is 434 g/mol. The number of anilines is 2. The third-order valence-electron chi connectivity index (χ3n) is 5.79. The van der Waals surface area contributed by atoms with E-state index in [2.05, 4.69) is 15.3 Å². The number of ether oxygens (including phenoxy) is 1. The first-order valence-electron chi connectivity index (χ1n) is 9.98. The summed E-state index contributed by atoms with van der Waals surface area (Å²) in [5.74, 6) is -0.837. The molecule has 4 rings (SSSR count). The summed E-state index contributed by atoms with van der Waals surface area (Å²) in [5, 5.41) is 14.8. The Kier molecular flexibility index (Phi) is 5.66. The van der Waals surface area contributed by atoms with Gasteiger partial charge in [-0.2, -0.15) is 0 Å². The molecule has 2 aliphatic heterocycles. The smallest absolute Gasteiger partial charge is 0.414 e. The largest absolute Gasteiger partial charge is 0.479 e. The number of benzene rings is 1. The van der Waals surface area contributed by atoms with E-state index in [1.807, 2.05) is 4.90 Å². The number of fused-ring (bicyclic) bond motifs is 1. The number of hydrogen-bond donors (Lipinski definition) is 2. The summed E-state index contributed by atoms with van der Waals surface area (Å²) in [5.41, 5.74) is 0.873. The average molecular weight is 434 g/mol. The molecule has 0 radical (unpaired) electrons. The quantitative estimate of drug-likeness (QED) is 0.464. The molecule has 4 atom stereocenters. The van der Waals surface area contributed by atoms with Crippen molar-refractivity contribution in [2.45, 2.75) is 13.0 Å². The molecule has 166 valence electrons. The minimum atomic E-state index is -1.08. The number of amides is 2. The minimum absolute atomic E-state index is 0.209. The highest BCUT2D eigenvalue weighted by atomic mass is 19.1. The van der Waals surface area contributed by atoms with Gasteiger partial charge < -0.3 is 24.9 Å². The second kappa shape index (κ2) is 8.40. The highest BCUT2D eigenvalue weighted by molar-refractivity contribution is 5.90. The fourth-order valence-electron chi connectivity index (χ4n) is 4.21. The van der Waals surface area contributed by atoms with Gasteiger partial charge in [-0.15, -0.1) is 0 Å². The molecule has 1 aliphatic carbocycles. The summed E-state index contributed by atoms with van der Waals surface area (Å²) in [6, 6.07) is 4.66. The maximum absolute atomic E-state index is 14.8. The second-order valence-electron chi connectivity index (χ2n) is 7.92. The van der Waals surface area contributed by atoms with Gasteiger partial charge in [-0.1, -0.05) is 5.16 Å². The second-order valence-corrected chi connectivity index (χ2v) is 7.92. The standard InChI is InChI=1S/C20H23FN4O6/c1-11(26)22-5-13-7-25(20(29)31-13)12-2-3-18(17(21)4-12)24-8-15-14(16(15)9-24)6-23-30-10-19(27)28/h2-4,6,13-16H,5,7-10H2,1H3,(H,22,26)(H,27,28)/t13-,14?,15-,16+/m0/s1. The number of carbonyl (C=O) groups excluding carboxylic acids is 2. The van der Waals surface area contributed by atoms with Crippen molar-refractivity contribution in [3.05, 3.63) is 24.0 Å². The van der Waals surface area contributed by atoms with Crippen LogP contribution in [0.25, 0.3) is 0 Å². The molecule has 1 saturated carbocycles. The number of piperidine rings is 1. The number of nitrogens with zero attached hydrogens (tertiary/aromatic N) is 3. The Morgan fingerprint density at radius 3 is 2.74 bits per heavy atom. The summed E-state index contributed by atoms with van der Waals surface area (Å²) in [7, 11) is 0. The van der Waals surface area contributed by atoms with Gasteiger partial charge in [-0.25, -0.2) is 14.0 Å². The lowest BCUT2D eigenvalue weighted by atomic mass is 10.2. The summed E-state index contributed by atoms with van der Waals surface area (Å²) in [6.07, 6.45) is 0.575. The molecule has 3 aliphatic rings. The van der Waals surface area contributed by atoms with E-state index in [1.54, 1.807) is 18.3 Å². The normalized spacial score (nSPS) is 26.7. The zero-order chi connectivity index (χ0) is 22.1. The van der Waals surface area contributed by atoms with Crippen LogP contribution in [-0.2, 0) is 19.2 Å². The first-order valence-corrected chi connectivity index (χ1v) is 9.98. The van der Waals surface area contributed by atoms with Crippen LogP contribution in [0, 0.1) is 23.6 Å². The number of cyclic esters (lactones) is 1. The topological polar surface area (TPSA) is 121 Å². The highest BCUT2D eigenvalue weighted by Gasteiger charge is 2.55. The summed E-state index contributed by atoms with van der Waals surface area (Å²) < 4.78 is 20.0. The number of halogens is 1. The van der Waals surface area contributed by atoms with Gasteiger partial charge >= 0.3 is 12.1 Å². The Labute approximate surface area is 177 Å². The van der Waals surface area contributed by atoms with Gasteiger partial charge in [0.25, 0.3) is 0 Å². The molecule has 3 fully saturated rings. The molecule has 1 unspecified atom stereocenters. The van der Waals surface area contributed by atoms with E-state index >= 15 is 0 Å². The summed E-state index contributed by atoms with van der Waals surface area (Å²) in [4.78, 5) is 41.5. The van der Waals surface area contributed by atoms with Crippen molar-refractivity contribution in [2.24, 2.45) is 22.9 Å². The van der Waals surface area contributed by atoms with Gasteiger partial charge in [0.1, 0.15) is 11.9 Å². The summed E-state index contributed by atoms with van der Waals surface area (Å²) >= 11 is 0. The number of aliphatic carboxylic acids is 1. The summed E-state index contributed by atoms with van der Waals surface area (Å²) in [6.45, 7) is 2.69. The number of oxime groups is 1. The molecule has 2 amide bonds. The maximum atomic E-state index is 14.8. The van der Waals surface area contributed by atoms with E-state index in [4.69, 9.17) is 9.84 Å². The first-order chi connectivity index (χ1) is 14.8. The van der Waals surface area contributed by atoms with Crippen LogP contribution >= 0.6 is 0 Å². The van der Waals surface area contributed by atoms with Gasteiger partial charge in [0.15, 0.2) is 0 Å². The third-order valence-corrected chi connectivity index (χ3v) is 5.79. The molecule has 2 heterocycles. The molecular weight excluding hydrogens is 411 g/mol. The van der Waals surface area contributed by atoms with Crippen LogP contribution in [0.3, 0.4) is 0 Å². The molecule has 1 aromatic rings. The van der Waals surface area contributed by atoms with Crippen LogP contribution in [0.2, 0.25) is 0 Å². The molecule has 10 nitrogen and oxygen atoms in total. The number of carboxylic acid groups (broad SMARTS) is 1. The SMILES string of the molecule is CC(=O)NC[C@H]1CN(c2ccc(N3C[C@@H]4C(C=NOCC(=O)O)[C@@H]4C3)c(F)c2)C(=O)O1. The average Bonchev–Trinajstić information content (AvgIpc) is 3.03. The van der Waals surface area contributed by atoms with Crippen LogP contribution < -0.4 is 15.1 Å². The van der Waals surface area contributed by atoms with Crippen molar-refractivity contribution >= 4 is 35.6 Å². The van der Waals surface area contributed by atoms with Gasteiger partial charge in [0.05, 0.1) is 24.5 Å². The first kappa shape index (κ1) is 20.9. The van der Waals surface area contributed by atoms with E-state index in [1.165, 1.54) is 17.9 Å². The molecule has 1 aromatic carbocycles. The Morgan fingerprint density at radius 2 is 2.10 bits per heavy atom. The third kappa shape index (κ3) is 4.54. The predicted octanol–water partition coefficient (Wildman–Crippen LogP) is 1.06. The van der Waals surface area contributed by atoms with Crippen molar-refractivity contribution in [3.8, 4) is 0 Å². The molecule has 2 saturated heterocycles. The van der Waals surface area contributed by atoms with Gasteiger partial charge in [-0.3, -0.25) is 9.69 Å². The number of nitrogens with one attached hydrogen (secondary N) is 1. The Bertz CT molecular complexity index is 913. The van der Waals surface area contributed by atoms with Crippen molar-refractivity contribution in [2.75, 3.05) is 42.6 Å². The van der Waals surface area contributed by atoms with E-state index in [9.17, 15) is 18.8 Å². The van der Waals surface area contributed by atoms with Gasteiger partial charge in [0, 0.05) is 32.1 Å². The zero-order valence-electron chi connectivity index (χ0n) is 16.9. The molecular formula is C20H23FN4O6. The fraction of sp³-hybridized carbons (Fsp3) is 0.500. The molecule has 0 aromatic heterocycles. The fourth-order valence-corrected chi connectivity index (χ4v) is 4.21. The van der Waals surface area contributed by atoms with Crippen LogP contribution in [0.1, 0.15) is 6.92 Å². The van der Waals surface area contributed by atoms with Crippen molar-refractivity contribution in [1.29, 1.82) is 0 Å². The number of carboxylic acids is 1. The number of hydrogen-bond acceptors (Lipinski definition) is 7. The molecule has 31 heavy (non-hydrogen) atoms. The van der Waals surface area contributed by atoms with Crippen molar-refractivity contribution in [1.82, 2.24) is 5.32 Å². The van der Waals surface area contributed by atoms with E-state index < -0.39 is 30.6 Å². The molecule has 0 spiro atoms. The Morgan fingerprint density at radius 1 is 1.35 bits per heavy atom. The van der Waals surface area contributed by atoms with Crippen molar-refractivity contribution in [3.63, 3.8) is 0 Å². The lowest BCUT2D eigenvalue weighted by Crippen LogP contribution is -2.33. The highest BCUT2D eigenvalue weighted by Crippen LogP contribution is 2.51. The molecule has 2 N–H and O–H groups in total. The number of rotatable bonds is 8. The van der Waals surface area contributed by atoms with Crippen LogP contribution in [-0.4, -0.2) is 68.2 Å². The minimum Gasteiger partial charge on any atom is -0.479 e. The van der Waals surface area contributed by atoms with E-state index in [0.717, 1.165) is 0 Å². The van der Waals surface area contributed by atoms with Gasteiger partial charge in [-0.05, 0) is 30.0 Å². The lowest BCUT2D eigenvalue weighted by Gasteiger charge is -2.23.